The molecule has 1 saturated heterocycles. The second kappa shape index (κ2) is 7.50. The average molecular weight is 374 g/mol. The lowest BCUT2D eigenvalue weighted by Gasteiger charge is -2.35. The molecule has 0 unspecified atom stereocenters. The van der Waals surface area contributed by atoms with Gasteiger partial charge in [0, 0.05) is 24.6 Å². The molecular weight excluding hydrogens is 344 g/mol. The van der Waals surface area contributed by atoms with E-state index in [2.05, 4.69) is 10.2 Å². The van der Waals surface area contributed by atoms with Gasteiger partial charge in [0.05, 0.1) is 12.1 Å². The SMILES string of the molecule is CC(=O)OCCN1CC2(CCNCC2)c2cc(C(=O)OC(C)(C)C)ccc21. The topological polar surface area (TPSA) is 67.9 Å². The first-order valence-corrected chi connectivity index (χ1v) is 9.67. The summed E-state index contributed by atoms with van der Waals surface area (Å²) in [6.07, 6.45) is 2.06. The van der Waals surface area contributed by atoms with E-state index in [0.29, 0.717) is 18.7 Å². The first kappa shape index (κ1) is 19.7. The molecule has 0 radical (unpaired) electrons. The predicted molar refractivity (Wildman–Crippen MR) is 104 cm³/mol. The highest BCUT2D eigenvalue weighted by Crippen LogP contribution is 2.46. The Morgan fingerprint density at radius 1 is 1.22 bits per heavy atom. The standard InChI is InChI=1S/C21H30N2O4/c1-15(24)26-12-11-23-14-21(7-9-22-10-8-21)17-13-16(5-6-18(17)23)19(25)27-20(2,3)4/h5-6,13,22H,7-12,14H2,1-4H3. The van der Waals surface area contributed by atoms with Crippen LogP contribution in [0.5, 0.6) is 0 Å². The summed E-state index contributed by atoms with van der Waals surface area (Å²) in [7, 11) is 0. The summed E-state index contributed by atoms with van der Waals surface area (Å²) in [5.41, 5.74) is 2.47. The highest BCUT2D eigenvalue weighted by molar-refractivity contribution is 5.91. The fraction of sp³-hybridized carbons (Fsp3) is 0.619. The summed E-state index contributed by atoms with van der Waals surface area (Å²) in [5.74, 6) is -0.543. The zero-order chi connectivity index (χ0) is 19.7. The first-order chi connectivity index (χ1) is 12.7. The number of ether oxygens (including phenoxy) is 2. The van der Waals surface area contributed by atoms with Gasteiger partial charge in [-0.3, -0.25) is 4.79 Å². The molecule has 6 heteroatoms. The highest BCUT2D eigenvalue weighted by Gasteiger charge is 2.43. The van der Waals surface area contributed by atoms with Crippen molar-refractivity contribution in [1.29, 1.82) is 0 Å². The molecule has 1 fully saturated rings. The summed E-state index contributed by atoms with van der Waals surface area (Å²) in [6, 6.07) is 5.87. The number of carbonyl (C=O) groups is 2. The fourth-order valence-electron chi connectivity index (χ4n) is 4.07. The molecule has 2 aliphatic heterocycles. The van der Waals surface area contributed by atoms with E-state index < -0.39 is 5.60 Å². The summed E-state index contributed by atoms with van der Waals surface area (Å²) in [4.78, 5) is 25.9. The Labute approximate surface area is 161 Å². The van der Waals surface area contributed by atoms with E-state index in [4.69, 9.17) is 9.47 Å². The minimum Gasteiger partial charge on any atom is -0.464 e. The number of fused-ring (bicyclic) bond motifs is 2. The number of benzene rings is 1. The Morgan fingerprint density at radius 2 is 1.93 bits per heavy atom. The molecule has 6 nitrogen and oxygen atoms in total. The van der Waals surface area contributed by atoms with Gasteiger partial charge in [-0.1, -0.05) is 0 Å². The number of nitrogens with one attached hydrogen (secondary N) is 1. The summed E-state index contributed by atoms with van der Waals surface area (Å²) >= 11 is 0. The van der Waals surface area contributed by atoms with Gasteiger partial charge in [0.15, 0.2) is 0 Å². The van der Waals surface area contributed by atoms with Gasteiger partial charge in [-0.25, -0.2) is 4.79 Å². The molecule has 0 atom stereocenters. The summed E-state index contributed by atoms with van der Waals surface area (Å²) in [5, 5.41) is 3.43. The quantitative estimate of drug-likeness (QED) is 0.818. The third-order valence-corrected chi connectivity index (χ3v) is 5.26. The maximum Gasteiger partial charge on any atom is 0.338 e. The molecule has 2 aliphatic rings. The van der Waals surface area contributed by atoms with E-state index in [1.54, 1.807) is 0 Å². The van der Waals surface area contributed by atoms with Crippen molar-refractivity contribution in [2.45, 2.75) is 51.6 Å². The average Bonchev–Trinajstić information content (AvgIpc) is 2.87. The largest absolute Gasteiger partial charge is 0.464 e. The van der Waals surface area contributed by atoms with Crippen LogP contribution in [-0.4, -0.2) is 50.3 Å². The number of nitrogens with zero attached hydrogens (tertiary/aromatic N) is 1. The maximum absolute atomic E-state index is 12.6. The van der Waals surface area contributed by atoms with Crippen molar-refractivity contribution in [2.75, 3.05) is 37.7 Å². The van der Waals surface area contributed by atoms with Crippen LogP contribution < -0.4 is 10.2 Å². The number of anilines is 1. The zero-order valence-corrected chi connectivity index (χ0v) is 16.8. The molecule has 27 heavy (non-hydrogen) atoms. The van der Waals surface area contributed by atoms with Gasteiger partial charge in [-0.15, -0.1) is 0 Å². The molecule has 1 spiro atoms. The number of hydrogen-bond donors (Lipinski definition) is 1. The molecule has 2 heterocycles. The Bertz CT molecular complexity index is 717. The maximum atomic E-state index is 12.6. The van der Waals surface area contributed by atoms with Crippen molar-refractivity contribution >= 4 is 17.6 Å². The van der Waals surface area contributed by atoms with Crippen molar-refractivity contribution in [3.8, 4) is 0 Å². The minimum absolute atomic E-state index is 0.0365. The summed E-state index contributed by atoms with van der Waals surface area (Å²) < 4.78 is 10.7. The zero-order valence-electron chi connectivity index (χ0n) is 16.8. The van der Waals surface area contributed by atoms with Gasteiger partial charge in [-0.05, 0) is 70.5 Å². The molecule has 3 rings (SSSR count). The van der Waals surface area contributed by atoms with Crippen LogP contribution in [0, 0.1) is 0 Å². The van der Waals surface area contributed by atoms with E-state index >= 15 is 0 Å². The van der Waals surface area contributed by atoms with E-state index in [9.17, 15) is 9.59 Å². The second-order valence-electron chi connectivity index (χ2n) is 8.53. The van der Waals surface area contributed by atoms with Gasteiger partial charge in [0.2, 0.25) is 0 Å². The van der Waals surface area contributed by atoms with Crippen molar-refractivity contribution in [2.24, 2.45) is 0 Å². The first-order valence-electron chi connectivity index (χ1n) is 9.67. The molecule has 1 aromatic rings. The lowest BCUT2D eigenvalue weighted by Crippen LogP contribution is -2.43. The predicted octanol–water partition coefficient (Wildman–Crippen LogP) is 2.65. The smallest absolute Gasteiger partial charge is 0.338 e. The Hall–Kier alpha value is -2.08. The van der Waals surface area contributed by atoms with Crippen LogP contribution >= 0.6 is 0 Å². The third-order valence-electron chi connectivity index (χ3n) is 5.26. The second-order valence-corrected chi connectivity index (χ2v) is 8.53. The highest BCUT2D eigenvalue weighted by atomic mass is 16.6. The van der Waals surface area contributed by atoms with Gasteiger partial charge in [-0.2, -0.15) is 0 Å². The van der Waals surface area contributed by atoms with Crippen LogP contribution in [0.25, 0.3) is 0 Å². The molecule has 148 valence electrons. The molecule has 0 saturated carbocycles. The van der Waals surface area contributed by atoms with Crippen molar-refractivity contribution in [1.82, 2.24) is 5.32 Å². The van der Waals surface area contributed by atoms with E-state index in [-0.39, 0.29) is 17.4 Å². The lowest BCUT2D eigenvalue weighted by atomic mass is 9.74. The monoisotopic (exact) mass is 374 g/mol. The van der Waals surface area contributed by atoms with Gasteiger partial charge >= 0.3 is 11.9 Å². The Balaban J connectivity index is 1.88. The number of hydrogen-bond acceptors (Lipinski definition) is 6. The number of rotatable bonds is 4. The van der Waals surface area contributed by atoms with Gasteiger partial charge in [0.1, 0.15) is 12.2 Å². The van der Waals surface area contributed by atoms with Crippen LogP contribution in [0.1, 0.15) is 56.5 Å². The van der Waals surface area contributed by atoms with E-state index in [0.717, 1.165) is 38.2 Å². The van der Waals surface area contributed by atoms with Gasteiger partial charge < -0.3 is 19.7 Å². The molecule has 0 aliphatic carbocycles. The number of carbonyl (C=O) groups excluding carboxylic acids is 2. The van der Waals surface area contributed by atoms with Crippen molar-refractivity contribution in [3.05, 3.63) is 29.3 Å². The summed E-state index contributed by atoms with van der Waals surface area (Å²) in [6.45, 7) is 10.9. The Morgan fingerprint density at radius 3 is 2.56 bits per heavy atom. The van der Waals surface area contributed by atoms with E-state index in [1.807, 2.05) is 39.0 Å². The molecule has 0 bridgehead atoms. The number of piperidine rings is 1. The molecule has 1 N–H and O–H groups in total. The van der Waals surface area contributed by atoms with Crippen LogP contribution in [0.15, 0.2) is 18.2 Å². The molecule has 0 aromatic heterocycles. The number of esters is 2. The molecule has 0 amide bonds. The Kier molecular flexibility index (Phi) is 5.47. The van der Waals surface area contributed by atoms with E-state index in [1.165, 1.54) is 12.5 Å². The van der Waals surface area contributed by atoms with Crippen LogP contribution in [0.2, 0.25) is 0 Å². The van der Waals surface area contributed by atoms with Crippen LogP contribution in [0.4, 0.5) is 5.69 Å². The fourth-order valence-corrected chi connectivity index (χ4v) is 4.07. The minimum atomic E-state index is -0.515. The molecular formula is C21H30N2O4. The van der Waals surface area contributed by atoms with Crippen molar-refractivity contribution in [3.63, 3.8) is 0 Å². The lowest BCUT2D eigenvalue weighted by molar-refractivity contribution is -0.140. The third kappa shape index (κ3) is 4.43. The van der Waals surface area contributed by atoms with Crippen LogP contribution in [-0.2, 0) is 19.7 Å². The normalized spacial score (nSPS) is 18.3. The van der Waals surface area contributed by atoms with Gasteiger partial charge in [0.25, 0.3) is 0 Å². The molecule has 1 aromatic carbocycles. The van der Waals surface area contributed by atoms with Crippen molar-refractivity contribution < 1.29 is 19.1 Å². The van der Waals surface area contributed by atoms with Crippen LogP contribution in [0.3, 0.4) is 0 Å².